The molecule has 0 amide bonds. The van der Waals surface area contributed by atoms with Crippen LogP contribution in [0.2, 0.25) is 0 Å². The van der Waals surface area contributed by atoms with Gasteiger partial charge >= 0.3 is 0 Å². The van der Waals surface area contributed by atoms with Crippen molar-refractivity contribution in [3.05, 3.63) is 34.6 Å². The lowest BCUT2D eigenvalue weighted by atomic mass is 10.1. The summed E-state index contributed by atoms with van der Waals surface area (Å²) >= 11 is 0. The molecule has 0 spiro atoms. The summed E-state index contributed by atoms with van der Waals surface area (Å²) in [6, 6.07) is 0. The molecule has 0 radical (unpaired) electrons. The number of nitrogens with one attached hydrogen (secondary N) is 1. The maximum Gasteiger partial charge on any atom is 0.200 e. The van der Waals surface area contributed by atoms with Gasteiger partial charge < -0.3 is 10.2 Å². The third-order valence-corrected chi connectivity index (χ3v) is 2.34. The van der Waals surface area contributed by atoms with Gasteiger partial charge in [-0.05, 0) is 14.1 Å². The van der Waals surface area contributed by atoms with E-state index >= 15 is 0 Å². The zero-order chi connectivity index (χ0) is 13.9. The van der Waals surface area contributed by atoms with E-state index in [-0.39, 0.29) is 0 Å². The molecule has 18 heavy (non-hydrogen) atoms. The summed E-state index contributed by atoms with van der Waals surface area (Å²) in [7, 11) is 3.58. The summed E-state index contributed by atoms with van der Waals surface area (Å²) in [5.74, 6) is -9.55. The zero-order valence-electron chi connectivity index (χ0n) is 9.96. The normalized spacial score (nSPS) is 11.3. The van der Waals surface area contributed by atoms with E-state index in [1.807, 2.05) is 4.90 Å². The van der Waals surface area contributed by atoms with Gasteiger partial charge in [-0.25, -0.2) is 22.0 Å². The lowest BCUT2D eigenvalue weighted by Crippen LogP contribution is -2.27. The highest BCUT2D eigenvalue weighted by atomic mass is 19.2. The van der Waals surface area contributed by atoms with Crippen molar-refractivity contribution >= 4 is 0 Å². The first-order valence-electron chi connectivity index (χ1n) is 5.22. The van der Waals surface area contributed by atoms with Gasteiger partial charge in [-0.15, -0.1) is 0 Å². The van der Waals surface area contributed by atoms with Gasteiger partial charge in [0.15, 0.2) is 23.3 Å². The van der Waals surface area contributed by atoms with Crippen LogP contribution in [-0.4, -0.2) is 32.1 Å². The number of rotatable bonds is 5. The smallest absolute Gasteiger partial charge is 0.200 e. The highest BCUT2D eigenvalue weighted by molar-refractivity contribution is 5.23. The maximum atomic E-state index is 13.2. The van der Waals surface area contributed by atoms with Crippen LogP contribution in [0.4, 0.5) is 22.0 Å². The molecule has 1 rings (SSSR count). The second-order valence-corrected chi connectivity index (χ2v) is 4.03. The molecular weight excluding hydrogens is 255 g/mol. The predicted octanol–water partition coefficient (Wildman–Crippen LogP) is 2.03. The zero-order valence-corrected chi connectivity index (χ0v) is 9.96. The summed E-state index contributed by atoms with van der Waals surface area (Å²) in [6.45, 7) is 0.529. The van der Waals surface area contributed by atoms with Gasteiger partial charge in [0.2, 0.25) is 5.82 Å². The van der Waals surface area contributed by atoms with Gasteiger partial charge in [0.1, 0.15) is 0 Å². The van der Waals surface area contributed by atoms with Crippen molar-refractivity contribution in [2.75, 3.05) is 27.2 Å². The molecule has 2 nitrogen and oxygen atoms in total. The average molecular weight is 268 g/mol. The van der Waals surface area contributed by atoms with Gasteiger partial charge in [-0.3, -0.25) is 0 Å². The molecule has 1 N–H and O–H groups in total. The van der Waals surface area contributed by atoms with Crippen LogP contribution in [0.15, 0.2) is 0 Å². The standard InChI is InChI=1S/C11H13F5N2/c1-18(2)4-3-17-5-6-7(12)9(14)11(16)10(15)8(6)13/h17H,3-5H2,1-2H3. The Morgan fingerprint density at radius 3 is 1.72 bits per heavy atom. The lowest BCUT2D eigenvalue weighted by molar-refractivity contribution is 0.363. The monoisotopic (exact) mass is 268 g/mol. The third kappa shape index (κ3) is 3.17. The van der Waals surface area contributed by atoms with Crippen LogP contribution >= 0.6 is 0 Å². The Balaban J connectivity index is 2.83. The van der Waals surface area contributed by atoms with E-state index in [0.717, 1.165) is 0 Å². The molecule has 0 saturated carbocycles. The molecule has 0 aliphatic carbocycles. The van der Waals surface area contributed by atoms with Crippen molar-refractivity contribution in [1.82, 2.24) is 10.2 Å². The van der Waals surface area contributed by atoms with Crippen LogP contribution in [0.1, 0.15) is 5.56 Å². The van der Waals surface area contributed by atoms with Crippen molar-refractivity contribution in [3.63, 3.8) is 0 Å². The number of halogens is 5. The number of nitrogens with zero attached hydrogens (tertiary/aromatic N) is 1. The Morgan fingerprint density at radius 2 is 1.28 bits per heavy atom. The van der Waals surface area contributed by atoms with Gasteiger partial charge in [0.25, 0.3) is 0 Å². The van der Waals surface area contributed by atoms with Gasteiger partial charge in [-0.1, -0.05) is 0 Å². The van der Waals surface area contributed by atoms with Crippen LogP contribution in [-0.2, 0) is 6.54 Å². The van der Waals surface area contributed by atoms with Crippen LogP contribution in [0, 0.1) is 29.1 Å². The minimum absolute atomic E-state index is 0.368. The molecule has 0 saturated heterocycles. The first kappa shape index (κ1) is 14.8. The minimum Gasteiger partial charge on any atom is -0.311 e. The molecule has 0 atom stereocenters. The SMILES string of the molecule is CN(C)CCNCc1c(F)c(F)c(F)c(F)c1F. The van der Waals surface area contributed by atoms with Crippen molar-refractivity contribution in [2.24, 2.45) is 0 Å². The summed E-state index contributed by atoms with van der Waals surface area (Å²) in [6.07, 6.45) is 0. The largest absolute Gasteiger partial charge is 0.311 e. The van der Waals surface area contributed by atoms with Crippen molar-refractivity contribution in [1.29, 1.82) is 0 Å². The average Bonchev–Trinajstić information content (AvgIpc) is 2.32. The van der Waals surface area contributed by atoms with E-state index in [1.165, 1.54) is 0 Å². The number of likely N-dealkylation sites (N-methyl/N-ethyl adjacent to an activating group) is 1. The van der Waals surface area contributed by atoms with E-state index in [4.69, 9.17) is 0 Å². The molecule has 102 valence electrons. The first-order chi connectivity index (χ1) is 8.36. The second kappa shape index (κ2) is 6.10. The molecule has 0 heterocycles. The molecule has 0 aromatic heterocycles. The van der Waals surface area contributed by atoms with E-state index in [1.54, 1.807) is 14.1 Å². The molecule has 0 aliphatic rings. The summed E-state index contributed by atoms with van der Waals surface area (Å²) in [5, 5.41) is 2.61. The molecule has 7 heteroatoms. The fourth-order valence-electron chi connectivity index (χ4n) is 1.32. The van der Waals surface area contributed by atoms with Crippen molar-refractivity contribution < 1.29 is 22.0 Å². The van der Waals surface area contributed by atoms with E-state index in [9.17, 15) is 22.0 Å². The maximum absolute atomic E-state index is 13.2. The minimum atomic E-state index is -2.14. The first-order valence-corrected chi connectivity index (χ1v) is 5.22. The fourth-order valence-corrected chi connectivity index (χ4v) is 1.32. The topological polar surface area (TPSA) is 15.3 Å². The van der Waals surface area contributed by atoms with Crippen molar-refractivity contribution in [2.45, 2.75) is 6.54 Å². The Labute approximate surface area is 101 Å². The van der Waals surface area contributed by atoms with Gasteiger partial charge in [0.05, 0.1) is 0 Å². The second-order valence-electron chi connectivity index (χ2n) is 4.03. The summed E-state index contributed by atoms with van der Waals surface area (Å²) in [5.41, 5.74) is -0.842. The molecule has 0 aliphatic heterocycles. The van der Waals surface area contributed by atoms with Crippen LogP contribution in [0.5, 0.6) is 0 Å². The van der Waals surface area contributed by atoms with Gasteiger partial charge in [-0.2, -0.15) is 0 Å². The highest BCUT2D eigenvalue weighted by Gasteiger charge is 2.25. The molecule has 1 aromatic carbocycles. The quantitative estimate of drug-likeness (QED) is 0.380. The van der Waals surface area contributed by atoms with Crippen LogP contribution < -0.4 is 5.32 Å². The van der Waals surface area contributed by atoms with Gasteiger partial charge in [0, 0.05) is 25.2 Å². The van der Waals surface area contributed by atoms with E-state index in [0.29, 0.717) is 13.1 Å². The van der Waals surface area contributed by atoms with E-state index in [2.05, 4.69) is 5.32 Å². The Bertz CT molecular complexity index is 405. The molecule has 0 bridgehead atoms. The Kier molecular flexibility index (Phi) is 5.03. The number of hydrogen-bond acceptors (Lipinski definition) is 2. The highest BCUT2D eigenvalue weighted by Crippen LogP contribution is 2.22. The summed E-state index contributed by atoms with van der Waals surface area (Å²) in [4.78, 5) is 1.81. The Morgan fingerprint density at radius 1 is 0.833 bits per heavy atom. The lowest BCUT2D eigenvalue weighted by Gasteiger charge is -2.12. The molecule has 0 unspecified atom stereocenters. The molecule has 0 fully saturated rings. The molecule has 1 aromatic rings. The predicted molar refractivity (Wildman–Crippen MR) is 56.5 cm³/mol. The van der Waals surface area contributed by atoms with Crippen molar-refractivity contribution in [3.8, 4) is 0 Å². The van der Waals surface area contributed by atoms with Crippen LogP contribution in [0.3, 0.4) is 0 Å². The van der Waals surface area contributed by atoms with Crippen LogP contribution in [0.25, 0.3) is 0 Å². The van der Waals surface area contributed by atoms with E-state index < -0.39 is 41.2 Å². The fraction of sp³-hybridized carbons (Fsp3) is 0.455. The third-order valence-electron chi connectivity index (χ3n) is 2.34. The number of hydrogen-bond donors (Lipinski definition) is 1. The molecular formula is C11H13F5N2. The Hall–Kier alpha value is -1.21. The number of benzene rings is 1. The summed E-state index contributed by atoms with van der Waals surface area (Å²) < 4.78 is 64.9.